The molecule has 1 aromatic rings. The fraction of sp³-hybridized carbons (Fsp3) is 0.500. The van der Waals surface area contributed by atoms with E-state index in [2.05, 4.69) is 5.32 Å². The van der Waals surface area contributed by atoms with Crippen molar-refractivity contribution in [2.75, 3.05) is 6.61 Å². The minimum absolute atomic E-state index is 0.224. The van der Waals surface area contributed by atoms with Gasteiger partial charge in [0.25, 0.3) is 0 Å². The van der Waals surface area contributed by atoms with Gasteiger partial charge in [-0.05, 0) is 29.9 Å². The maximum Gasteiger partial charge on any atom is 0.311 e. The van der Waals surface area contributed by atoms with Crippen LogP contribution in [-0.4, -0.2) is 28.7 Å². The minimum atomic E-state index is -0.761. The molecule has 21 heavy (non-hydrogen) atoms. The lowest BCUT2D eigenvalue weighted by Gasteiger charge is -2.19. The van der Waals surface area contributed by atoms with Gasteiger partial charge >= 0.3 is 5.97 Å². The van der Waals surface area contributed by atoms with Gasteiger partial charge < -0.3 is 15.5 Å². The Hall–Kier alpha value is -1.88. The molecule has 1 saturated carbocycles. The number of amides is 1. The molecule has 0 saturated heterocycles. The van der Waals surface area contributed by atoms with Crippen LogP contribution in [0.4, 0.5) is 0 Å². The molecular weight excluding hydrogens is 270 g/mol. The van der Waals surface area contributed by atoms with Gasteiger partial charge in [-0.25, -0.2) is 0 Å². The van der Waals surface area contributed by atoms with Crippen molar-refractivity contribution in [2.24, 2.45) is 5.92 Å². The lowest BCUT2D eigenvalue weighted by molar-refractivity contribution is -0.140. The predicted molar refractivity (Wildman–Crippen MR) is 77.7 cm³/mol. The highest BCUT2D eigenvalue weighted by molar-refractivity contribution is 5.77. The fourth-order valence-corrected chi connectivity index (χ4v) is 3.01. The van der Waals surface area contributed by atoms with E-state index in [-0.39, 0.29) is 5.92 Å². The number of aliphatic carboxylic acids is 1. The Kier molecular flexibility index (Phi) is 5.33. The molecule has 1 atom stereocenters. The van der Waals surface area contributed by atoms with Gasteiger partial charge in [0.1, 0.15) is 6.61 Å². The van der Waals surface area contributed by atoms with Crippen LogP contribution in [0.3, 0.4) is 0 Å². The molecule has 2 rings (SSSR count). The molecule has 5 nitrogen and oxygen atoms in total. The van der Waals surface area contributed by atoms with Gasteiger partial charge in [0.15, 0.2) is 0 Å². The van der Waals surface area contributed by atoms with Crippen LogP contribution >= 0.6 is 0 Å². The molecule has 1 amide bonds. The molecule has 3 N–H and O–H groups in total. The predicted octanol–water partition coefficient (Wildman–Crippen LogP) is 1.65. The van der Waals surface area contributed by atoms with E-state index in [1.807, 2.05) is 24.3 Å². The zero-order valence-electron chi connectivity index (χ0n) is 11.9. The Morgan fingerprint density at radius 1 is 1.19 bits per heavy atom. The van der Waals surface area contributed by atoms with Crippen molar-refractivity contribution in [3.8, 4) is 0 Å². The number of benzene rings is 1. The lowest BCUT2D eigenvalue weighted by Crippen LogP contribution is -2.25. The maximum atomic E-state index is 11.5. The lowest BCUT2D eigenvalue weighted by atomic mass is 9.84. The van der Waals surface area contributed by atoms with Gasteiger partial charge in [-0.3, -0.25) is 9.59 Å². The molecule has 1 fully saturated rings. The van der Waals surface area contributed by atoms with Crippen LogP contribution in [0.1, 0.15) is 42.7 Å². The number of carbonyl (C=O) groups is 2. The minimum Gasteiger partial charge on any atom is -0.481 e. The number of carboxylic acids is 1. The first-order valence-corrected chi connectivity index (χ1v) is 7.31. The van der Waals surface area contributed by atoms with Crippen LogP contribution in [0.5, 0.6) is 0 Å². The highest BCUT2D eigenvalue weighted by atomic mass is 16.4. The summed E-state index contributed by atoms with van der Waals surface area (Å²) < 4.78 is 0. The Morgan fingerprint density at radius 2 is 1.81 bits per heavy atom. The molecule has 0 aromatic heterocycles. The van der Waals surface area contributed by atoms with E-state index < -0.39 is 24.4 Å². The van der Waals surface area contributed by atoms with Gasteiger partial charge in [0, 0.05) is 6.54 Å². The summed E-state index contributed by atoms with van der Waals surface area (Å²) in [5.74, 6) is -1.40. The van der Waals surface area contributed by atoms with Gasteiger partial charge in [0.05, 0.1) is 5.92 Å². The largest absolute Gasteiger partial charge is 0.481 e. The second kappa shape index (κ2) is 7.22. The number of hydrogen-bond acceptors (Lipinski definition) is 3. The van der Waals surface area contributed by atoms with Gasteiger partial charge in [-0.2, -0.15) is 0 Å². The van der Waals surface area contributed by atoms with Crippen LogP contribution in [-0.2, 0) is 16.1 Å². The number of hydrogen-bond donors (Lipinski definition) is 3. The van der Waals surface area contributed by atoms with Crippen LogP contribution in [0, 0.1) is 5.92 Å². The summed E-state index contributed by atoms with van der Waals surface area (Å²) in [6, 6.07) is 7.32. The van der Waals surface area contributed by atoms with Crippen molar-refractivity contribution >= 4 is 11.9 Å². The molecule has 1 aliphatic carbocycles. The van der Waals surface area contributed by atoms with Gasteiger partial charge in [-0.15, -0.1) is 0 Å². The maximum absolute atomic E-state index is 11.5. The number of nitrogens with one attached hydrogen (secondary N) is 1. The number of aliphatic hydroxyl groups excluding tert-OH is 1. The zero-order chi connectivity index (χ0) is 15.2. The monoisotopic (exact) mass is 291 g/mol. The van der Waals surface area contributed by atoms with E-state index in [9.17, 15) is 14.7 Å². The first kappa shape index (κ1) is 15.5. The fourth-order valence-electron chi connectivity index (χ4n) is 3.01. The second-order valence-electron chi connectivity index (χ2n) is 5.54. The summed E-state index contributed by atoms with van der Waals surface area (Å²) >= 11 is 0. The highest BCUT2D eigenvalue weighted by Gasteiger charge is 2.31. The molecule has 1 aromatic carbocycles. The quantitative estimate of drug-likeness (QED) is 0.744. The molecule has 114 valence electrons. The standard InChI is InChI=1S/C16H21NO4/c18-10-14(19)17-9-11-5-7-13(8-6-11)15(16(20)21)12-3-1-2-4-12/h5-8,12,15,18H,1-4,9-10H2,(H,17,19)(H,20,21). The topological polar surface area (TPSA) is 86.6 Å². The summed E-state index contributed by atoms with van der Waals surface area (Å²) in [7, 11) is 0. The molecule has 0 radical (unpaired) electrons. The van der Waals surface area contributed by atoms with Crippen molar-refractivity contribution < 1.29 is 19.8 Å². The Labute approximate surface area is 124 Å². The third kappa shape index (κ3) is 4.04. The SMILES string of the molecule is O=C(CO)NCc1ccc(C(C(=O)O)C2CCCC2)cc1. The van der Waals surface area contributed by atoms with Crippen molar-refractivity contribution in [1.82, 2.24) is 5.32 Å². The van der Waals surface area contributed by atoms with E-state index in [1.165, 1.54) is 0 Å². The first-order valence-electron chi connectivity index (χ1n) is 7.31. The average Bonchev–Trinajstić information content (AvgIpc) is 2.99. The number of carboxylic acid groups (broad SMARTS) is 1. The van der Waals surface area contributed by atoms with E-state index in [1.54, 1.807) is 0 Å². The Bertz CT molecular complexity index is 492. The van der Waals surface area contributed by atoms with E-state index >= 15 is 0 Å². The summed E-state index contributed by atoms with van der Waals surface area (Å²) in [5, 5.41) is 20.7. The molecule has 0 aliphatic heterocycles. The van der Waals surface area contributed by atoms with Crippen LogP contribution < -0.4 is 5.32 Å². The van der Waals surface area contributed by atoms with Crippen molar-refractivity contribution in [3.63, 3.8) is 0 Å². The Morgan fingerprint density at radius 3 is 2.33 bits per heavy atom. The molecule has 0 bridgehead atoms. The van der Waals surface area contributed by atoms with E-state index in [0.717, 1.165) is 36.8 Å². The molecular formula is C16H21NO4. The number of carbonyl (C=O) groups excluding carboxylic acids is 1. The van der Waals surface area contributed by atoms with E-state index in [4.69, 9.17) is 5.11 Å². The van der Waals surface area contributed by atoms with Gasteiger partial charge in [0.2, 0.25) is 5.91 Å². The zero-order valence-corrected chi connectivity index (χ0v) is 11.9. The highest BCUT2D eigenvalue weighted by Crippen LogP contribution is 2.37. The average molecular weight is 291 g/mol. The normalized spacial score (nSPS) is 16.6. The van der Waals surface area contributed by atoms with Crippen molar-refractivity contribution in [3.05, 3.63) is 35.4 Å². The first-order chi connectivity index (χ1) is 10.1. The van der Waals surface area contributed by atoms with Crippen LogP contribution in [0.15, 0.2) is 24.3 Å². The molecule has 0 heterocycles. The Balaban J connectivity index is 2.05. The molecule has 1 aliphatic rings. The second-order valence-corrected chi connectivity index (χ2v) is 5.54. The third-order valence-electron chi connectivity index (χ3n) is 4.11. The number of rotatable bonds is 6. The van der Waals surface area contributed by atoms with Gasteiger partial charge in [-0.1, -0.05) is 37.1 Å². The molecule has 0 spiro atoms. The van der Waals surface area contributed by atoms with Crippen molar-refractivity contribution in [2.45, 2.75) is 38.1 Å². The van der Waals surface area contributed by atoms with E-state index in [0.29, 0.717) is 6.54 Å². The third-order valence-corrected chi connectivity index (χ3v) is 4.11. The summed E-state index contributed by atoms with van der Waals surface area (Å²) in [4.78, 5) is 22.5. The summed E-state index contributed by atoms with van der Waals surface area (Å²) in [5.41, 5.74) is 1.71. The summed E-state index contributed by atoms with van der Waals surface area (Å²) in [6.45, 7) is -0.193. The molecule has 5 heteroatoms. The smallest absolute Gasteiger partial charge is 0.311 e. The summed E-state index contributed by atoms with van der Waals surface area (Å²) in [6.07, 6.45) is 4.18. The molecule has 1 unspecified atom stereocenters. The number of aliphatic hydroxyl groups is 1. The van der Waals surface area contributed by atoms with Crippen molar-refractivity contribution in [1.29, 1.82) is 0 Å². The van der Waals surface area contributed by atoms with Crippen LogP contribution in [0.2, 0.25) is 0 Å². The van der Waals surface area contributed by atoms with Crippen LogP contribution in [0.25, 0.3) is 0 Å².